The van der Waals surface area contributed by atoms with Crippen molar-refractivity contribution >= 4 is 5.69 Å². The number of likely N-dealkylation sites (N-methyl/N-ethyl adjacent to an activating group) is 2. The zero-order chi connectivity index (χ0) is 14.0. The monoisotopic (exact) mass is 266 g/mol. The van der Waals surface area contributed by atoms with Gasteiger partial charge in [-0.3, -0.25) is 0 Å². The number of rotatable bonds is 3. The Bertz CT molecular complexity index is 436. The molecule has 1 fully saturated rings. The Morgan fingerprint density at radius 3 is 2.84 bits per heavy atom. The molecule has 0 radical (unpaired) electrons. The molecule has 2 unspecified atom stereocenters. The van der Waals surface area contributed by atoms with Gasteiger partial charge in [-0.25, -0.2) is 4.39 Å². The molecule has 4 heteroatoms. The Kier molecular flexibility index (Phi) is 4.42. The zero-order valence-corrected chi connectivity index (χ0v) is 11.9. The van der Waals surface area contributed by atoms with Crippen LogP contribution in [-0.2, 0) is 0 Å². The molecule has 1 aromatic carbocycles. The SMILES string of the molecule is CC(O)c1c(F)cccc1N(C)C1CCCN(C)C1. The minimum atomic E-state index is -0.792. The fourth-order valence-corrected chi connectivity index (χ4v) is 2.90. The summed E-state index contributed by atoms with van der Waals surface area (Å²) in [6.45, 7) is 3.71. The molecule has 0 aromatic heterocycles. The van der Waals surface area contributed by atoms with Crippen molar-refractivity contribution in [1.29, 1.82) is 0 Å². The maximum Gasteiger partial charge on any atom is 0.131 e. The number of halogens is 1. The van der Waals surface area contributed by atoms with Gasteiger partial charge in [0.15, 0.2) is 0 Å². The van der Waals surface area contributed by atoms with E-state index in [1.807, 2.05) is 13.1 Å². The van der Waals surface area contributed by atoms with Crippen molar-refractivity contribution in [3.63, 3.8) is 0 Å². The van der Waals surface area contributed by atoms with Gasteiger partial charge < -0.3 is 14.9 Å². The first-order valence-corrected chi connectivity index (χ1v) is 6.88. The summed E-state index contributed by atoms with van der Waals surface area (Å²) < 4.78 is 13.9. The molecule has 1 saturated heterocycles. The summed E-state index contributed by atoms with van der Waals surface area (Å²) >= 11 is 0. The Morgan fingerprint density at radius 1 is 1.47 bits per heavy atom. The van der Waals surface area contributed by atoms with Gasteiger partial charge in [0, 0.05) is 30.9 Å². The molecular weight excluding hydrogens is 243 g/mol. The van der Waals surface area contributed by atoms with Crippen LogP contribution < -0.4 is 4.90 Å². The summed E-state index contributed by atoms with van der Waals surface area (Å²) in [6.07, 6.45) is 1.47. The van der Waals surface area contributed by atoms with Crippen molar-refractivity contribution in [3.8, 4) is 0 Å². The fraction of sp³-hybridized carbons (Fsp3) is 0.600. The highest BCUT2D eigenvalue weighted by atomic mass is 19.1. The number of hydrogen-bond acceptors (Lipinski definition) is 3. The molecule has 1 aliphatic heterocycles. The molecule has 19 heavy (non-hydrogen) atoms. The van der Waals surface area contributed by atoms with Gasteiger partial charge in [0.25, 0.3) is 0 Å². The molecule has 1 aromatic rings. The van der Waals surface area contributed by atoms with Crippen LogP contribution in [0.25, 0.3) is 0 Å². The van der Waals surface area contributed by atoms with Gasteiger partial charge in [0.05, 0.1) is 6.10 Å². The second-order valence-electron chi connectivity index (χ2n) is 5.52. The average Bonchev–Trinajstić information content (AvgIpc) is 2.37. The maximum atomic E-state index is 13.9. The van der Waals surface area contributed by atoms with Gasteiger partial charge in [-0.05, 0) is 45.5 Å². The summed E-state index contributed by atoms with van der Waals surface area (Å²) in [5.74, 6) is -0.330. The molecule has 0 amide bonds. The molecule has 2 atom stereocenters. The van der Waals surface area contributed by atoms with Crippen molar-refractivity contribution in [2.45, 2.75) is 31.9 Å². The number of piperidine rings is 1. The highest BCUT2D eigenvalue weighted by Crippen LogP contribution is 2.30. The van der Waals surface area contributed by atoms with E-state index < -0.39 is 6.10 Å². The summed E-state index contributed by atoms with van der Waals surface area (Å²) in [7, 11) is 4.10. The predicted octanol–water partition coefficient (Wildman–Crippen LogP) is 2.41. The van der Waals surface area contributed by atoms with Gasteiger partial charge in [-0.15, -0.1) is 0 Å². The van der Waals surface area contributed by atoms with Crippen molar-refractivity contribution in [2.75, 3.05) is 32.1 Å². The number of nitrogens with zero attached hydrogens (tertiary/aromatic N) is 2. The van der Waals surface area contributed by atoms with Gasteiger partial charge in [0.1, 0.15) is 5.82 Å². The quantitative estimate of drug-likeness (QED) is 0.910. The smallest absolute Gasteiger partial charge is 0.131 e. The first-order valence-electron chi connectivity index (χ1n) is 6.88. The maximum absolute atomic E-state index is 13.9. The molecule has 1 N–H and O–H groups in total. The molecule has 0 saturated carbocycles. The fourth-order valence-electron chi connectivity index (χ4n) is 2.90. The molecular formula is C15H23FN2O. The van der Waals surface area contributed by atoms with Crippen LogP contribution in [0.2, 0.25) is 0 Å². The topological polar surface area (TPSA) is 26.7 Å². The second-order valence-corrected chi connectivity index (χ2v) is 5.52. The van der Waals surface area contributed by atoms with Crippen LogP contribution >= 0.6 is 0 Å². The Balaban J connectivity index is 2.28. The van der Waals surface area contributed by atoms with Crippen LogP contribution in [0, 0.1) is 5.82 Å². The molecule has 2 rings (SSSR count). The zero-order valence-electron chi connectivity index (χ0n) is 11.9. The van der Waals surface area contributed by atoms with Crippen LogP contribution in [0.5, 0.6) is 0 Å². The number of hydrogen-bond donors (Lipinski definition) is 1. The Morgan fingerprint density at radius 2 is 2.21 bits per heavy atom. The van der Waals surface area contributed by atoms with Crippen LogP contribution in [0.3, 0.4) is 0 Å². The summed E-state index contributed by atoms with van der Waals surface area (Å²) in [5.41, 5.74) is 1.20. The van der Waals surface area contributed by atoms with E-state index in [1.54, 1.807) is 13.0 Å². The van der Waals surface area contributed by atoms with Crippen LogP contribution in [0.4, 0.5) is 10.1 Å². The first-order chi connectivity index (χ1) is 9.00. The largest absolute Gasteiger partial charge is 0.389 e. The van der Waals surface area contributed by atoms with Crippen LogP contribution in [0.15, 0.2) is 18.2 Å². The number of likely N-dealkylation sites (tertiary alicyclic amines) is 1. The molecule has 0 bridgehead atoms. The minimum Gasteiger partial charge on any atom is -0.389 e. The number of aliphatic hydroxyl groups excluding tert-OH is 1. The van der Waals surface area contributed by atoms with Crippen molar-refractivity contribution in [2.24, 2.45) is 0 Å². The number of aliphatic hydroxyl groups is 1. The normalized spacial score (nSPS) is 22.3. The van der Waals surface area contributed by atoms with Crippen molar-refractivity contribution in [3.05, 3.63) is 29.6 Å². The third-order valence-electron chi connectivity index (χ3n) is 3.97. The highest BCUT2D eigenvalue weighted by molar-refractivity contribution is 5.55. The van der Waals surface area contributed by atoms with Crippen molar-refractivity contribution < 1.29 is 9.50 Å². The summed E-state index contributed by atoms with van der Waals surface area (Å²) in [5, 5.41) is 9.81. The highest BCUT2D eigenvalue weighted by Gasteiger charge is 2.24. The number of benzene rings is 1. The van der Waals surface area contributed by atoms with Gasteiger partial charge in [-0.1, -0.05) is 6.07 Å². The average molecular weight is 266 g/mol. The molecule has 1 heterocycles. The lowest BCUT2D eigenvalue weighted by Crippen LogP contribution is -2.45. The van der Waals surface area contributed by atoms with Gasteiger partial charge in [0.2, 0.25) is 0 Å². The molecule has 0 spiro atoms. The standard InChI is InChI=1S/C15H23FN2O/c1-11(19)15-13(16)7-4-8-14(15)18(3)12-6-5-9-17(2)10-12/h4,7-8,11-12,19H,5-6,9-10H2,1-3H3. The third-order valence-corrected chi connectivity index (χ3v) is 3.97. The number of anilines is 1. The molecule has 106 valence electrons. The van der Waals surface area contributed by atoms with E-state index in [4.69, 9.17) is 0 Å². The van der Waals surface area contributed by atoms with Crippen LogP contribution in [0.1, 0.15) is 31.4 Å². The lowest BCUT2D eigenvalue weighted by Gasteiger charge is -2.38. The lowest BCUT2D eigenvalue weighted by atomic mass is 10.0. The lowest BCUT2D eigenvalue weighted by molar-refractivity contribution is 0.193. The van der Waals surface area contributed by atoms with E-state index in [9.17, 15) is 9.50 Å². The van der Waals surface area contributed by atoms with Crippen LogP contribution in [-0.4, -0.2) is 43.2 Å². The third kappa shape index (κ3) is 3.07. The van der Waals surface area contributed by atoms with E-state index >= 15 is 0 Å². The van der Waals surface area contributed by atoms with Crippen molar-refractivity contribution in [1.82, 2.24) is 4.90 Å². The van der Waals surface area contributed by atoms with E-state index in [2.05, 4.69) is 16.8 Å². The van der Waals surface area contributed by atoms with E-state index in [1.165, 1.54) is 6.07 Å². The molecule has 3 nitrogen and oxygen atoms in total. The summed E-state index contributed by atoms with van der Waals surface area (Å²) in [4.78, 5) is 4.41. The minimum absolute atomic E-state index is 0.330. The summed E-state index contributed by atoms with van der Waals surface area (Å²) in [6, 6.07) is 5.38. The van der Waals surface area contributed by atoms with E-state index in [0.717, 1.165) is 31.6 Å². The Labute approximate surface area is 114 Å². The van der Waals surface area contributed by atoms with E-state index in [0.29, 0.717) is 11.6 Å². The Hall–Kier alpha value is -1.13. The predicted molar refractivity (Wildman–Crippen MR) is 76.0 cm³/mol. The molecule has 1 aliphatic rings. The second kappa shape index (κ2) is 5.88. The first kappa shape index (κ1) is 14.3. The van der Waals surface area contributed by atoms with E-state index in [-0.39, 0.29) is 5.82 Å². The van der Waals surface area contributed by atoms with Gasteiger partial charge >= 0.3 is 0 Å². The molecule has 0 aliphatic carbocycles. The van der Waals surface area contributed by atoms with Gasteiger partial charge in [-0.2, -0.15) is 0 Å².